The molecule has 0 N–H and O–H groups in total. The van der Waals surface area contributed by atoms with Crippen LogP contribution >= 0.6 is 0 Å². The highest BCUT2D eigenvalue weighted by Gasteiger charge is 2.49. The third kappa shape index (κ3) is 2.71. The molecule has 2 nitrogen and oxygen atoms in total. The van der Waals surface area contributed by atoms with Crippen LogP contribution in [0.15, 0.2) is 36.4 Å². The molecule has 0 aromatic heterocycles. The van der Waals surface area contributed by atoms with Gasteiger partial charge in [-0.15, -0.1) is 0 Å². The molecule has 1 fully saturated rings. The lowest BCUT2D eigenvalue weighted by Crippen LogP contribution is -2.40. The van der Waals surface area contributed by atoms with Crippen LogP contribution in [0.3, 0.4) is 0 Å². The third-order valence-corrected chi connectivity index (χ3v) is 5.39. The van der Waals surface area contributed by atoms with Gasteiger partial charge in [-0.25, -0.2) is 4.79 Å². The van der Waals surface area contributed by atoms with Crippen LogP contribution in [0.25, 0.3) is 0 Å². The first-order chi connectivity index (χ1) is 10.5. The van der Waals surface area contributed by atoms with Gasteiger partial charge in [0.2, 0.25) is 0 Å². The topological polar surface area (TPSA) is 26.3 Å². The molecule has 2 aliphatic carbocycles. The monoisotopic (exact) mass is 298 g/mol. The Labute approximate surface area is 133 Å². The Hall–Kier alpha value is -1.57. The highest BCUT2D eigenvalue weighted by atomic mass is 16.6. The summed E-state index contributed by atoms with van der Waals surface area (Å²) in [4.78, 5) is 12.2. The van der Waals surface area contributed by atoms with E-state index in [0.717, 1.165) is 6.42 Å². The second-order valence-corrected chi connectivity index (χ2v) is 7.23. The summed E-state index contributed by atoms with van der Waals surface area (Å²) in [6.45, 7) is 7.58. The number of esters is 1. The van der Waals surface area contributed by atoms with Crippen LogP contribution in [0.5, 0.6) is 0 Å². The van der Waals surface area contributed by atoms with Gasteiger partial charge in [-0.1, -0.05) is 50.1 Å². The zero-order valence-electron chi connectivity index (χ0n) is 13.7. The van der Waals surface area contributed by atoms with Gasteiger partial charge in [0.1, 0.15) is 5.60 Å². The molecule has 0 amide bonds. The maximum absolute atomic E-state index is 12.2. The van der Waals surface area contributed by atoms with Crippen molar-refractivity contribution in [3.05, 3.63) is 47.5 Å². The van der Waals surface area contributed by atoms with Gasteiger partial charge < -0.3 is 4.74 Å². The number of carbonyl (C=O) groups is 1. The first-order valence-corrected chi connectivity index (χ1v) is 8.48. The Morgan fingerprint density at radius 3 is 2.59 bits per heavy atom. The van der Waals surface area contributed by atoms with Gasteiger partial charge in [0, 0.05) is 17.9 Å². The lowest BCUT2D eigenvalue weighted by molar-refractivity contribution is -0.156. The highest BCUT2D eigenvalue weighted by molar-refractivity contribution is 5.87. The number of carbonyl (C=O) groups excluding carboxylic acids is 1. The molecule has 2 aliphatic rings. The largest absolute Gasteiger partial charge is 0.455 e. The van der Waals surface area contributed by atoms with Crippen LogP contribution in [-0.4, -0.2) is 11.6 Å². The predicted molar refractivity (Wildman–Crippen MR) is 88.8 cm³/mol. The molecule has 0 aliphatic heterocycles. The average molecular weight is 298 g/mol. The molecule has 22 heavy (non-hydrogen) atoms. The number of hydrogen-bond acceptors (Lipinski definition) is 2. The lowest BCUT2D eigenvalue weighted by Gasteiger charge is -2.38. The average Bonchev–Trinajstić information content (AvgIpc) is 2.79. The van der Waals surface area contributed by atoms with E-state index < -0.39 is 5.60 Å². The van der Waals surface area contributed by atoms with Gasteiger partial charge in [0.15, 0.2) is 0 Å². The molecule has 2 atom stereocenters. The van der Waals surface area contributed by atoms with E-state index in [1.165, 1.54) is 43.2 Å². The Balaban J connectivity index is 1.94. The third-order valence-electron chi connectivity index (χ3n) is 5.39. The van der Waals surface area contributed by atoms with E-state index >= 15 is 0 Å². The van der Waals surface area contributed by atoms with E-state index in [-0.39, 0.29) is 5.97 Å². The lowest BCUT2D eigenvalue weighted by atomic mass is 9.72. The minimum atomic E-state index is -0.429. The number of rotatable bonds is 3. The molecule has 118 valence electrons. The van der Waals surface area contributed by atoms with Crippen molar-refractivity contribution in [2.75, 3.05) is 0 Å². The summed E-state index contributed by atoms with van der Waals surface area (Å²) in [6.07, 6.45) is 7.26. The van der Waals surface area contributed by atoms with Crippen LogP contribution in [-0.2, 0) is 16.0 Å². The Kier molecular flexibility index (Phi) is 4.12. The summed E-state index contributed by atoms with van der Waals surface area (Å²) in [5, 5.41) is 0. The van der Waals surface area contributed by atoms with Gasteiger partial charge in [0.25, 0.3) is 0 Å². The Morgan fingerprint density at radius 1 is 1.23 bits per heavy atom. The van der Waals surface area contributed by atoms with Crippen molar-refractivity contribution >= 4 is 5.97 Å². The van der Waals surface area contributed by atoms with Crippen molar-refractivity contribution in [1.82, 2.24) is 0 Å². The SMILES string of the molecule is C=C(C)C(=O)OC1(C)Cc2ccccc2C1C1CCCCC1. The molecule has 0 spiro atoms. The standard InChI is InChI=1S/C20H26O2/c1-14(2)19(21)22-20(3)13-16-11-7-8-12-17(16)18(20)15-9-5-4-6-10-15/h7-8,11-12,15,18H,1,4-6,9-10,13H2,2-3H3. The molecule has 0 saturated heterocycles. The second kappa shape index (κ2) is 5.91. The van der Waals surface area contributed by atoms with E-state index in [2.05, 4.69) is 37.8 Å². The number of benzene rings is 1. The van der Waals surface area contributed by atoms with Crippen LogP contribution in [0, 0.1) is 5.92 Å². The smallest absolute Gasteiger partial charge is 0.333 e. The van der Waals surface area contributed by atoms with E-state index in [4.69, 9.17) is 4.74 Å². The summed E-state index contributed by atoms with van der Waals surface area (Å²) >= 11 is 0. The Bertz CT molecular complexity index is 583. The zero-order chi connectivity index (χ0) is 15.7. The maximum Gasteiger partial charge on any atom is 0.333 e. The minimum absolute atomic E-state index is 0.254. The van der Waals surface area contributed by atoms with Crippen molar-refractivity contribution in [3.63, 3.8) is 0 Å². The van der Waals surface area contributed by atoms with Gasteiger partial charge >= 0.3 is 5.97 Å². The normalized spacial score (nSPS) is 28.2. The molecular formula is C20H26O2. The molecule has 1 aromatic rings. The summed E-state index contributed by atoms with van der Waals surface area (Å²) in [6, 6.07) is 8.61. The summed E-state index contributed by atoms with van der Waals surface area (Å²) < 4.78 is 5.97. The molecule has 2 heteroatoms. The molecular weight excluding hydrogens is 272 g/mol. The van der Waals surface area contributed by atoms with Crippen LogP contribution in [0.1, 0.15) is 63.0 Å². The fourth-order valence-corrected chi connectivity index (χ4v) is 4.43. The second-order valence-electron chi connectivity index (χ2n) is 7.23. The van der Waals surface area contributed by atoms with Crippen molar-refractivity contribution in [2.45, 2.75) is 63.9 Å². The van der Waals surface area contributed by atoms with Gasteiger partial charge in [0.05, 0.1) is 0 Å². The molecule has 1 aromatic carbocycles. The molecule has 0 heterocycles. The molecule has 0 bridgehead atoms. The quantitative estimate of drug-likeness (QED) is 0.592. The zero-order valence-corrected chi connectivity index (χ0v) is 13.7. The van der Waals surface area contributed by atoms with Gasteiger partial charge in [-0.05, 0) is 43.7 Å². The van der Waals surface area contributed by atoms with E-state index in [9.17, 15) is 4.79 Å². The van der Waals surface area contributed by atoms with Crippen molar-refractivity contribution < 1.29 is 9.53 Å². The van der Waals surface area contributed by atoms with Crippen molar-refractivity contribution in [3.8, 4) is 0 Å². The van der Waals surface area contributed by atoms with E-state index in [1.807, 2.05) is 0 Å². The highest BCUT2D eigenvalue weighted by Crippen LogP contribution is 2.51. The first-order valence-electron chi connectivity index (χ1n) is 8.48. The Morgan fingerprint density at radius 2 is 1.91 bits per heavy atom. The number of hydrogen-bond donors (Lipinski definition) is 0. The molecule has 0 radical (unpaired) electrons. The summed E-state index contributed by atoms with van der Waals surface area (Å²) in [5.74, 6) is 0.698. The van der Waals surface area contributed by atoms with Crippen LogP contribution in [0.4, 0.5) is 0 Å². The predicted octanol–water partition coefficient (Wildman–Crippen LogP) is 4.78. The van der Waals surface area contributed by atoms with Crippen LogP contribution < -0.4 is 0 Å². The number of ether oxygens (including phenoxy) is 1. The minimum Gasteiger partial charge on any atom is -0.455 e. The van der Waals surface area contributed by atoms with Crippen LogP contribution in [0.2, 0.25) is 0 Å². The summed E-state index contributed by atoms with van der Waals surface area (Å²) in [7, 11) is 0. The summed E-state index contributed by atoms with van der Waals surface area (Å²) in [5.41, 5.74) is 2.79. The molecule has 2 unspecified atom stereocenters. The number of fused-ring (bicyclic) bond motifs is 1. The van der Waals surface area contributed by atoms with E-state index in [0.29, 0.717) is 17.4 Å². The molecule has 1 saturated carbocycles. The fourth-order valence-electron chi connectivity index (χ4n) is 4.43. The maximum atomic E-state index is 12.2. The molecule has 3 rings (SSSR count). The van der Waals surface area contributed by atoms with Crippen molar-refractivity contribution in [2.24, 2.45) is 5.92 Å². The van der Waals surface area contributed by atoms with Gasteiger partial charge in [-0.2, -0.15) is 0 Å². The van der Waals surface area contributed by atoms with Gasteiger partial charge in [-0.3, -0.25) is 0 Å². The van der Waals surface area contributed by atoms with Crippen molar-refractivity contribution in [1.29, 1.82) is 0 Å². The van der Waals surface area contributed by atoms with E-state index in [1.54, 1.807) is 6.92 Å². The fraction of sp³-hybridized carbons (Fsp3) is 0.550. The first kappa shape index (κ1) is 15.3.